The molecule has 3 atom stereocenters. The average molecular weight is 242 g/mol. The van der Waals surface area contributed by atoms with Crippen molar-refractivity contribution >= 4 is 11.8 Å². The summed E-state index contributed by atoms with van der Waals surface area (Å²) < 4.78 is 5.06. The van der Waals surface area contributed by atoms with Gasteiger partial charge in [0, 0.05) is 7.11 Å². The zero-order valence-electron chi connectivity index (χ0n) is 11.2. The summed E-state index contributed by atoms with van der Waals surface area (Å²) >= 11 is 0. The summed E-state index contributed by atoms with van der Waals surface area (Å²) in [5.74, 6) is -0.0147. The minimum Gasteiger partial charge on any atom is -0.383 e. The van der Waals surface area contributed by atoms with E-state index >= 15 is 0 Å². The lowest BCUT2D eigenvalue weighted by Gasteiger charge is -2.41. The van der Waals surface area contributed by atoms with Gasteiger partial charge >= 0.3 is 0 Å². The first-order valence-electron chi connectivity index (χ1n) is 6.01. The summed E-state index contributed by atoms with van der Waals surface area (Å²) in [6.45, 7) is 7.94. The van der Waals surface area contributed by atoms with Crippen LogP contribution in [0.4, 0.5) is 0 Å². The van der Waals surface area contributed by atoms with E-state index in [1.54, 1.807) is 18.9 Å². The molecular weight excluding hydrogens is 220 g/mol. The second-order valence-corrected chi connectivity index (χ2v) is 4.96. The fourth-order valence-electron chi connectivity index (χ4n) is 2.19. The highest BCUT2D eigenvalue weighted by atomic mass is 16.5. The molecule has 1 aliphatic rings. The number of rotatable bonds is 4. The monoisotopic (exact) mass is 242 g/mol. The van der Waals surface area contributed by atoms with Crippen LogP contribution in [-0.2, 0) is 14.3 Å². The first kappa shape index (κ1) is 14.0. The largest absolute Gasteiger partial charge is 0.383 e. The summed E-state index contributed by atoms with van der Waals surface area (Å²) in [5.41, 5.74) is 0. The Morgan fingerprint density at radius 2 is 1.94 bits per heavy atom. The summed E-state index contributed by atoms with van der Waals surface area (Å²) in [7, 11) is 1.59. The Hall–Kier alpha value is -1.10. The molecule has 0 aromatic carbocycles. The topological polar surface area (TPSA) is 58.6 Å². The van der Waals surface area contributed by atoms with Gasteiger partial charge in [-0.3, -0.25) is 9.59 Å². The number of ether oxygens (including phenoxy) is 1. The zero-order chi connectivity index (χ0) is 13.2. The average Bonchev–Trinajstić information content (AvgIpc) is 2.23. The Kier molecular flexibility index (Phi) is 4.51. The zero-order valence-corrected chi connectivity index (χ0v) is 11.2. The van der Waals surface area contributed by atoms with Crippen LogP contribution in [0.2, 0.25) is 0 Å². The highest BCUT2D eigenvalue weighted by Gasteiger charge is 2.41. The highest BCUT2D eigenvalue weighted by Crippen LogP contribution is 2.18. The predicted molar refractivity (Wildman–Crippen MR) is 64.4 cm³/mol. The fourth-order valence-corrected chi connectivity index (χ4v) is 2.19. The molecular formula is C12H22N2O3. The molecule has 3 unspecified atom stereocenters. The van der Waals surface area contributed by atoms with E-state index < -0.39 is 12.1 Å². The molecule has 0 saturated carbocycles. The van der Waals surface area contributed by atoms with Gasteiger partial charge in [-0.1, -0.05) is 13.8 Å². The Bertz CT molecular complexity index is 304. The minimum atomic E-state index is -0.428. The van der Waals surface area contributed by atoms with Crippen LogP contribution < -0.4 is 5.32 Å². The van der Waals surface area contributed by atoms with Gasteiger partial charge in [0.2, 0.25) is 11.8 Å². The molecule has 1 heterocycles. The van der Waals surface area contributed by atoms with Crippen molar-refractivity contribution in [3.05, 3.63) is 0 Å². The van der Waals surface area contributed by atoms with Crippen LogP contribution in [0.1, 0.15) is 27.7 Å². The number of carbonyl (C=O) groups is 2. The van der Waals surface area contributed by atoms with E-state index in [4.69, 9.17) is 4.74 Å². The molecule has 2 amide bonds. The molecule has 5 heteroatoms. The Morgan fingerprint density at radius 1 is 1.35 bits per heavy atom. The van der Waals surface area contributed by atoms with Crippen LogP contribution in [0.3, 0.4) is 0 Å². The molecule has 5 nitrogen and oxygen atoms in total. The van der Waals surface area contributed by atoms with Gasteiger partial charge in [0.25, 0.3) is 0 Å². The van der Waals surface area contributed by atoms with Crippen molar-refractivity contribution in [3.63, 3.8) is 0 Å². The third kappa shape index (κ3) is 2.77. The van der Waals surface area contributed by atoms with E-state index in [0.29, 0.717) is 6.61 Å². The fraction of sp³-hybridized carbons (Fsp3) is 0.833. The van der Waals surface area contributed by atoms with Crippen molar-refractivity contribution in [2.75, 3.05) is 13.7 Å². The lowest BCUT2D eigenvalue weighted by Crippen LogP contribution is -2.66. The molecule has 1 fully saturated rings. The molecule has 0 spiro atoms. The second-order valence-electron chi connectivity index (χ2n) is 4.96. The number of piperazine rings is 1. The number of nitrogens with one attached hydrogen (secondary N) is 1. The van der Waals surface area contributed by atoms with Gasteiger partial charge in [0.1, 0.15) is 12.1 Å². The molecule has 0 aromatic heterocycles. The number of amides is 2. The van der Waals surface area contributed by atoms with Crippen LogP contribution >= 0.6 is 0 Å². The molecule has 98 valence electrons. The molecule has 17 heavy (non-hydrogen) atoms. The van der Waals surface area contributed by atoms with Crippen molar-refractivity contribution in [2.45, 2.75) is 45.8 Å². The van der Waals surface area contributed by atoms with Gasteiger partial charge in [-0.15, -0.1) is 0 Å². The smallest absolute Gasteiger partial charge is 0.246 e. The van der Waals surface area contributed by atoms with Crippen molar-refractivity contribution < 1.29 is 14.3 Å². The Balaban J connectivity index is 2.91. The van der Waals surface area contributed by atoms with Crippen LogP contribution in [0, 0.1) is 5.92 Å². The number of hydrogen-bond donors (Lipinski definition) is 1. The Morgan fingerprint density at radius 3 is 2.41 bits per heavy atom. The standard InChI is InChI=1S/C12H22N2O3/c1-7(2)10-12(16)14(8(3)6-17-5)9(4)11(15)13-10/h7-10H,6H2,1-5H3,(H,13,15). The van der Waals surface area contributed by atoms with E-state index in [2.05, 4.69) is 5.32 Å². The number of hydrogen-bond acceptors (Lipinski definition) is 3. The number of carbonyl (C=O) groups excluding carboxylic acids is 2. The van der Waals surface area contributed by atoms with Crippen molar-refractivity contribution in [2.24, 2.45) is 5.92 Å². The van der Waals surface area contributed by atoms with Gasteiger partial charge in [0.05, 0.1) is 12.6 Å². The number of methoxy groups -OCH3 is 1. The molecule has 1 rings (SSSR count). The third-order valence-electron chi connectivity index (χ3n) is 3.16. The second kappa shape index (κ2) is 5.49. The van der Waals surface area contributed by atoms with Gasteiger partial charge in [0.15, 0.2) is 0 Å². The molecule has 1 N–H and O–H groups in total. The van der Waals surface area contributed by atoms with Crippen LogP contribution in [0.5, 0.6) is 0 Å². The van der Waals surface area contributed by atoms with Crippen LogP contribution in [0.15, 0.2) is 0 Å². The SMILES string of the molecule is COCC(C)N1C(=O)C(C(C)C)NC(=O)C1C. The van der Waals surface area contributed by atoms with Crippen LogP contribution in [-0.4, -0.2) is 48.6 Å². The minimum absolute atomic E-state index is 0.0170. The van der Waals surface area contributed by atoms with Gasteiger partial charge in [-0.25, -0.2) is 0 Å². The van der Waals surface area contributed by atoms with Crippen molar-refractivity contribution in [1.82, 2.24) is 10.2 Å². The Labute approximate surface area is 102 Å². The molecule has 1 aliphatic heterocycles. The predicted octanol–water partition coefficient (Wildman–Crippen LogP) is 0.393. The van der Waals surface area contributed by atoms with Gasteiger partial charge in [-0.05, 0) is 19.8 Å². The first-order chi connectivity index (χ1) is 7.90. The van der Waals surface area contributed by atoms with E-state index in [0.717, 1.165) is 0 Å². The van der Waals surface area contributed by atoms with E-state index in [9.17, 15) is 9.59 Å². The van der Waals surface area contributed by atoms with Crippen LogP contribution in [0.25, 0.3) is 0 Å². The maximum atomic E-state index is 12.3. The quantitative estimate of drug-likeness (QED) is 0.776. The molecule has 0 bridgehead atoms. The highest BCUT2D eigenvalue weighted by molar-refractivity contribution is 5.97. The molecule has 0 radical (unpaired) electrons. The van der Waals surface area contributed by atoms with E-state index in [-0.39, 0.29) is 23.8 Å². The van der Waals surface area contributed by atoms with E-state index in [1.165, 1.54) is 0 Å². The number of nitrogens with zero attached hydrogens (tertiary/aromatic N) is 1. The van der Waals surface area contributed by atoms with Crippen molar-refractivity contribution in [1.29, 1.82) is 0 Å². The first-order valence-corrected chi connectivity index (χ1v) is 6.01. The maximum absolute atomic E-state index is 12.3. The van der Waals surface area contributed by atoms with Crippen molar-refractivity contribution in [3.8, 4) is 0 Å². The molecule has 1 saturated heterocycles. The summed E-state index contributed by atoms with van der Waals surface area (Å²) in [6, 6.07) is -0.935. The summed E-state index contributed by atoms with van der Waals surface area (Å²) in [6.07, 6.45) is 0. The lowest BCUT2D eigenvalue weighted by atomic mass is 9.97. The van der Waals surface area contributed by atoms with Gasteiger partial charge in [-0.2, -0.15) is 0 Å². The van der Waals surface area contributed by atoms with E-state index in [1.807, 2.05) is 20.8 Å². The maximum Gasteiger partial charge on any atom is 0.246 e. The summed E-state index contributed by atoms with van der Waals surface area (Å²) in [5, 5.41) is 2.77. The normalized spacial score (nSPS) is 27.3. The third-order valence-corrected chi connectivity index (χ3v) is 3.16. The lowest BCUT2D eigenvalue weighted by molar-refractivity contribution is -0.153. The molecule has 0 aromatic rings. The molecule has 0 aliphatic carbocycles. The summed E-state index contributed by atoms with van der Waals surface area (Å²) in [4.78, 5) is 25.8. The van der Waals surface area contributed by atoms with Gasteiger partial charge < -0.3 is 15.0 Å².